The first-order valence-electron chi connectivity index (χ1n) is 10.3. The molecule has 0 bridgehead atoms. The quantitative estimate of drug-likeness (QED) is 0.599. The minimum absolute atomic E-state index is 0.273. The van der Waals surface area contributed by atoms with Crippen molar-refractivity contribution in [1.29, 1.82) is 0 Å². The molecule has 1 aliphatic rings. The number of fused-ring (bicyclic) bond motifs is 1. The first-order chi connectivity index (χ1) is 15.0. The van der Waals surface area contributed by atoms with Crippen LogP contribution in [0.15, 0.2) is 48.5 Å². The van der Waals surface area contributed by atoms with Crippen LogP contribution >= 0.6 is 0 Å². The van der Waals surface area contributed by atoms with Crippen molar-refractivity contribution in [3.05, 3.63) is 54.1 Å². The van der Waals surface area contributed by atoms with Crippen LogP contribution in [0.4, 0.5) is 11.4 Å². The molecule has 31 heavy (non-hydrogen) atoms. The van der Waals surface area contributed by atoms with Gasteiger partial charge in [0.1, 0.15) is 5.75 Å². The second-order valence-electron chi connectivity index (χ2n) is 7.23. The molecule has 2 N–H and O–H groups in total. The number of amides is 2. The van der Waals surface area contributed by atoms with Crippen LogP contribution in [0.5, 0.6) is 5.75 Å². The summed E-state index contributed by atoms with van der Waals surface area (Å²) in [6, 6.07) is 15.1. The normalized spacial score (nSPS) is 14.6. The largest absolute Gasteiger partial charge is 0.478 e. The number of rotatable bonds is 9. The molecular formula is C23H27N3O5. The van der Waals surface area contributed by atoms with Gasteiger partial charge in [0, 0.05) is 25.3 Å². The van der Waals surface area contributed by atoms with Crippen molar-refractivity contribution in [2.24, 2.45) is 0 Å². The Kier molecular flexibility index (Phi) is 7.48. The maximum atomic E-state index is 12.1. The third-order valence-electron chi connectivity index (χ3n) is 4.88. The molecule has 3 rings (SSSR count). The van der Waals surface area contributed by atoms with Crippen LogP contribution in [0.3, 0.4) is 0 Å². The Morgan fingerprint density at radius 3 is 2.77 bits per heavy atom. The fraction of sp³-hybridized carbons (Fsp3) is 0.348. The van der Waals surface area contributed by atoms with Crippen molar-refractivity contribution >= 4 is 29.2 Å². The number of para-hydroxylation sites is 2. The van der Waals surface area contributed by atoms with Crippen LogP contribution in [-0.2, 0) is 19.1 Å². The highest BCUT2D eigenvalue weighted by Crippen LogP contribution is 2.29. The molecule has 0 radical (unpaired) electrons. The number of carbonyl (C=O) groups excluding carboxylic acids is 3. The molecule has 0 aliphatic carbocycles. The van der Waals surface area contributed by atoms with E-state index >= 15 is 0 Å². The molecule has 8 nitrogen and oxygen atoms in total. The molecule has 164 valence electrons. The van der Waals surface area contributed by atoms with Crippen LogP contribution in [0.2, 0.25) is 0 Å². The fourth-order valence-electron chi connectivity index (χ4n) is 3.26. The zero-order valence-corrected chi connectivity index (χ0v) is 17.7. The van der Waals surface area contributed by atoms with Gasteiger partial charge in [-0.1, -0.05) is 24.3 Å². The number of likely N-dealkylation sites (N-methyl/N-ethyl adjacent to an activating group) is 1. The van der Waals surface area contributed by atoms with Crippen LogP contribution in [0.25, 0.3) is 0 Å². The average Bonchev–Trinajstić information content (AvgIpc) is 2.76. The molecule has 2 aromatic carbocycles. The van der Waals surface area contributed by atoms with Gasteiger partial charge in [-0.25, -0.2) is 0 Å². The van der Waals surface area contributed by atoms with E-state index in [9.17, 15) is 14.4 Å². The first-order valence-corrected chi connectivity index (χ1v) is 10.3. The molecule has 8 heteroatoms. The highest BCUT2D eigenvalue weighted by molar-refractivity contribution is 5.99. The average molecular weight is 425 g/mol. The molecule has 2 amide bonds. The summed E-state index contributed by atoms with van der Waals surface area (Å²) < 4.78 is 10.6. The summed E-state index contributed by atoms with van der Waals surface area (Å²) in [6.07, 6.45) is -1.26. The van der Waals surface area contributed by atoms with E-state index in [4.69, 9.17) is 9.47 Å². The predicted octanol–water partition coefficient (Wildman–Crippen LogP) is 2.27. The number of ether oxygens (including phenoxy) is 2. The molecule has 0 saturated heterocycles. The van der Waals surface area contributed by atoms with E-state index in [1.54, 1.807) is 24.3 Å². The van der Waals surface area contributed by atoms with Gasteiger partial charge in [0.25, 0.3) is 11.8 Å². The zero-order valence-electron chi connectivity index (χ0n) is 17.7. The fourth-order valence-corrected chi connectivity index (χ4v) is 3.26. The van der Waals surface area contributed by atoms with Gasteiger partial charge in [-0.2, -0.15) is 0 Å². The molecule has 0 fully saturated rings. The summed E-state index contributed by atoms with van der Waals surface area (Å²) in [4.78, 5) is 38.3. The van der Waals surface area contributed by atoms with Crippen molar-refractivity contribution < 1.29 is 23.9 Å². The zero-order chi connectivity index (χ0) is 22.2. The number of carbonyl (C=O) groups is 3. The Labute approximate surface area is 181 Å². The molecule has 1 atom stereocenters. The summed E-state index contributed by atoms with van der Waals surface area (Å²) in [5, 5.41) is 5.43. The Hall–Kier alpha value is -3.55. The number of nitrogens with one attached hydrogen (secondary N) is 2. The maximum absolute atomic E-state index is 12.1. The van der Waals surface area contributed by atoms with Crippen molar-refractivity contribution in [1.82, 2.24) is 5.32 Å². The number of nitrogens with zero attached hydrogens (tertiary/aromatic N) is 1. The maximum Gasteiger partial charge on any atom is 0.310 e. The van der Waals surface area contributed by atoms with Crippen molar-refractivity contribution in [2.45, 2.75) is 26.4 Å². The lowest BCUT2D eigenvalue weighted by Gasteiger charge is -2.25. The molecule has 1 heterocycles. The molecule has 1 aliphatic heterocycles. The molecular weight excluding hydrogens is 398 g/mol. The third-order valence-corrected chi connectivity index (χ3v) is 4.88. The monoisotopic (exact) mass is 425 g/mol. The number of benzene rings is 2. The number of hydrogen-bond donors (Lipinski definition) is 2. The first kappa shape index (κ1) is 22.1. The van der Waals surface area contributed by atoms with E-state index in [0.717, 1.165) is 12.2 Å². The Morgan fingerprint density at radius 1 is 1.19 bits per heavy atom. The van der Waals surface area contributed by atoms with Crippen LogP contribution in [0, 0.1) is 6.92 Å². The highest BCUT2D eigenvalue weighted by atomic mass is 16.5. The van der Waals surface area contributed by atoms with Gasteiger partial charge < -0.3 is 25.0 Å². The van der Waals surface area contributed by atoms with Gasteiger partial charge >= 0.3 is 5.97 Å². The number of esters is 1. The second-order valence-corrected chi connectivity index (χ2v) is 7.23. The van der Waals surface area contributed by atoms with E-state index in [1.807, 2.05) is 32.0 Å². The summed E-state index contributed by atoms with van der Waals surface area (Å²) in [5.41, 5.74) is 2.82. The third kappa shape index (κ3) is 6.21. The summed E-state index contributed by atoms with van der Waals surface area (Å²) >= 11 is 0. The lowest BCUT2D eigenvalue weighted by atomic mass is 10.1. The molecule has 0 saturated carbocycles. The minimum Gasteiger partial charge on any atom is -0.478 e. The van der Waals surface area contributed by atoms with E-state index < -0.39 is 30.5 Å². The van der Waals surface area contributed by atoms with Gasteiger partial charge in [-0.05, 0) is 43.7 Å². The second kappa shape index (κ2) is 10.5. The van der Waals surface area contributed by atoms with Gasteiger partial charge in [0.2, 0.25) is 0 Å². The number of aryl methyl sites for hydroxylation is 1. The summed E-state index contributed by atoms with van der Waals surface area (Å²) in [5.74, 6) is -1.000. The highest BCUT2D eigenvalue weighted by Gasteiger charge is 2.30. The summed E-state index contributed by atoms with van der Waals surface area (Å²) in [6.45, 7) is 5.54. The Balaban J connectivity index is 1.38. The van der Waals surface area contributed by atoms with Crippen molar-refractivity contribution in [2.75, 3.05) is 36.5 Å². The van der Waals surface area contributed by atoms with Crippen LogP contribution in [-0.4, -0.2) is 50.1 Å². The van der Waals surface area contributed by atoms with Gasteiger partial charge in [-0.3, -0.25) is 14.4 Å². The van der Waals surface area contributed by atoms with E-state index in [-0.39, 0.29) is 6.42 Å². The van der Waals surface area contributed by atoms with Gasteiger partial charge in [0.05, 0.1) is 12.1 Å². The minimum atomic E-state index is -0.988. The predicted molar refractivity (Wildman–Crippen MR) is 117 cm³/mol. The van der Waals surface area contributed by atoms with Gasteiger partial charge in [-0.15, -0.1) is 0 Å². The van der Waals surface area contributed by atoms with Crippen molar-refractivity contribution in [3.8, 4) is 5.75 Å². The lowest BCUT2D eigenvalue weighted by Crippen LogP contribution is -2.40. The van der Waals surface area contributed by atoms with Crippen LogP contribution < -0.4 is 20.3 Å². The smallest absolute Gasteiger partial charge is 0.310 e. The topological polar surface area (TPSA) is 97.0 Å². The van der Waals surface area contributed by atoms with Crippen LogP contribution in [0.1, 0.15) is 18.9 Å². The summed E-state index contributed by atoms with van der Waals surface area (Å²) in [7, 11) is 0. The number of hydrogen-bond acceptors (Lipinski definition) is 6. The Morgan fingerprint density at radius 2 is 2.00 bits per heavy atom. The Bertz CT molecular complexity index is 946. The van der Waals surface area contributed by atoms with E-state index in [1.165, 1.54) is 5.56 Å². The molecule has 2 aromatic rings. The van der Waals surface area contributed by atoms with Crippen molar-refractivity contribution in [3.63, 3.8) is 0 Å². The standard InChI is InChI=1S/C23H27N3O5/c1-3-26(17-8-6-7-16(2)13-17)12-11-24-21(27)15-30-22(28)14-20-23(29)25-18-9-4-5-10-19(18)31-20/h4-10,13,20H,3,11-12,14-15H2,1-2H3,(H,24,27)(H,25,29)/t20-/m1/s1. The van der Waals surface area contributed by atoms with Gasteiger partial charge in [0.15, 0.2) is 12.7 Å². The number of anilines is 2. The van der Waals surface area contributed by atoms with E-state index in [0.29, 0.717) is 24.5 Å². The SMILES string of the molecule is CCN(CCNC(=O)COC(=O)C[C@H]1Oc2ccccc2NC1=O)c1cccc(C)c1. The molecule has 0 aromatic heterocycles. The molecule has 0 spiro atoms. The molecule has 0 unspecified atom stereocenters. The van der Waals surface area contributed by atoms with E-state index in [2.05, 4.69) is 21.6 Å². The lowest BCUT2D eigenvalue weighted by molar-refractivity contribution is -0.151.